The minimum Gasteiger partial charge on any atom is -0.268 e. The molecule has 0 spiro atoms. The molecular weight excluding hydrogens is 221 g/mol. The summed E-state index contributed by atoms with van der Waals surface area (Å²) in [5, 5.41) is 0. The third-order valence-corrected chi connectivity index (χ3v) is 1.88. The molecule has 0 bridgehead atoms. The van der Waals surface area contributed by atoms with Crippen molar-refractivity contribution in [2.45, 2.75) is 6.42 Å². The van der Waals surface area contributed by atoms with E-state index in [2.05, 4.69) is 0 Å². The van der Waals surface area contributed by atoms with Gasteiger partial charge in [0.05, 0.1) is 22.9 Å². The average molecular weight is 224 g/mol. The molecule has 0 atom stereocenters. The van der Waals surface area contributed by atoms with Crippen LogP contribution in [0.15, 0.2) is 0 Å². The second kappa shape index (κ2) is 1.93. The number of hydrogen-bond donors (Lipinski definition) is 0. The molecule has 0 aromatic carbocycles. The van der Waals surface area contributed by atoms with Gasteiger partial charge >= 0.3 is 5.91 Å². The van der Waals surface area contributed by atoms with Crippen LogP contribution in [0.5, 0.6) is 0 Å². The van der Waals surface area contributed by atoms with Crippen molar-refractivity contribution in [3.63, 3.8) is 0 Å². The van der Waals surface area contributed by atoms with Crippen molar-refractivity contribution in [3.8, 4) is 0 Å². The molecule has 1 fully saturated rings. The Kier molecular flexibility index (Phi) is 1.41. The first kappa shape index (κ1) is 5.87. The molecule has 0 N–H and O–H groups in total. The SMILES string of the molecule is O=C1[CH+]CC(=O)N1I. The number of hydrogen-bond acceptors (Lipinski definition) is 2. The fourth-order valence-corrected chi connectivity index (χ4v) is 0.852. The minimum absolute atomic E-state index is 0.129. The van der Waals surface area contributed by atoms with Crippen molar-refractivity contribution >= 4 is 34.7 Å². The minimum atomic E-state index is -0.199. The highest BCUT2D eigenvalue weighted by molar-refractivity contribution is 14.1. The molecule has 0 aromatic rings. The Hall–Kier alpha value is -0.260. The van der Waals surface area contributed by atoms with Crippen molar-refractivity contribution in [2.75, 3.05) is 0 Å². The molecular formula is C4H3INO2+. The van der Waals surface area contributed by atoms with Gasteiger partial charge in [-0.1, -0.05) is 0 Å². The molecule has 42 valence electrons. The lowest BCUT2D eigenvalue weighted by Gasteiger charge is -1.91. The van der Waals surface area contributed by atoms with E-state index in [0.717, 1.165) is 3.11 Å². The Morgan fingerprint density at radius 3 is 2.38 bits per heavy atom. The lowest BCUT2D eigenvalue weighted by atomic mass is 10.4. The van der Waals surface area contributed by atoms with E-state index in [1.165, 1.54) is 6.42 Å². The van der Waals surface area contributed by atoms with Gasteiger partial charge in [-0.05, 0) is 0 Å². The van der Waals surface area contributed by atoms with Crippen LogP contribution in [0, 0.1) is 6.42 Å². The highest BCUT2D eigenvalue weighted by Crippen LogP contribution is 2.14. The van der Waals surface area contributed by atoms with Crippen molar-refractivity contribution < 1.29 is 9.59 Å². The van der Waals surface area contributed by atoms with Gasteiger partial charge in [0, 0.05) is 0 Å². The molecule has 1 aliphatic rings. The third kappa shape index (κ3) is 0.795. The van der Waals surface area contributed by atoms with Gasteiger partial charge in [0.2, 0.25) is 0 Å². The standard InChI is InChI=1S/C4H3INO2/c5-6-3(7)1-2-4(6)8/h1H,2H2/q+1. The zero-order valence-electron chi connectivity index (χ0n) is 3.93. The van der Waals surface area contributed by atoms with Crippen molar-refractivity contribution in [1.82, 2.24) is 3.11 Å². The van der Waals surface area contributed by atoms with Crippen LogP contribution < -0.4 is 0 Å². The summed E-state index contributed by atoms with van der Waals surface area (Å²) in [4.78, 5) is 20.9. The van der Waals surface area contributed by atoms with Crippen LogP contribution in [0.3, 0.4) is 0 Å². The summed E-state index contributed by atoms with van der Waals surface area (Å²) in [5.74, 6) is -0.328. The normalized spacial score (nSPS) is 19.4. The summed E-state index contributed by atoms with van der Waals surface area (Å²) < 4.78 is 1.08. The highest BCUT2D eigenvalue weighted by atomic mass is 127. The van der Waals surface area contributed by atoms with E-state index in [4.69, 9.17) is 0 Å². The maximum Gasteiger partial charge on any atom is 0.420 e. The number of nitrogens with zero attached hydrogens (tertiary/aromatic N) is 1. The first-order chi connectivity index (χ1) is 3.72. The summed E-state index contributed by atoms with van der Waals surface area (Å²) in [7, 11) is 0. The average Bonchev–Trinajstić information content (AvgIpc) is 1.98. The van der Waals surface area contributed by atoms with Crippen LogP contribution in [-0.2, 0) is 9.59 Å². The van der Waals surface area contributed by atoms with Crippen LogP contribution >= 0.6 is 22.9 Å². The Balaban J connectivity index is 2.70. The molecule has 2 amide bonds. The van der Waals surface area contributed by atoms with E-state index in [1.807, 2.05) is 0 Å². The van der Waals surface area contributed by atoms with Crippen LogP contribution in [0.25, 0.3) is 0 Å². The molecule has 1 rings (SSSR count). The second-order valence-electron chi connectivity index (χ2n) is 1.42. The zero-order chi connectivity index (χ0) is 6.15. The van der Waals surface area contributed by atoms with E-state index in [0.29, 0.717) is 0 Å². The van der Waals surface area contributed by atoms with Gasteiger partial charge in [-0.15, -0.1) is 0 Å². The van der Waals surface area contributed by atoms with Gasteiger partial charge in [0.1, 0.15) is 0 Å². The molecule has 3 nitrogen and oxygen atoms in total. The van der Waals surface area contributed by atoms with E-state index < -0.39 is 0 Å². The van der Waals surface area contributed by atoms with Crippen molar-refractivity contribution in [1.29, 1.82) is 0 Å². The first-order valence-corrected chi connectivity index (χ1v) is 3.04. The summed E-state index contributed by atoms with van der Waals surface area (Å²) in [5.41, 5.74) is 0. The fourth-order valence-electron chi connectivity index (χ4n) is 0.458. The van der Waals surface area contributed by atoms with E-state index in [1.54, 1.807) is 22.9 Å². The predicted molar refractivity (Wildman–Crippen MR) is 34.8 cm³/mol. The molecule has 1 aliphatic heterocycles. The fraction of sp³-hybridized carbons (Fsp3) is 0.250. The molecule has 1 heterocycles. The van der Waals surface area contributed by atoms with Gasteiger partial charge in [0.25, 0.3) is 5.91 Å². The largest absolute Gasteiger partial charge is 0.420 e. The lowest BCUT2D eigenvalue weighted by molar-refractivity contribution is -0.129. The molecule has 1 saturated heterocycles. The Morgan fingerprint density at radius 2 is 2.25 bits per heavy atom. The number of imide groups is 1. The van der Waals surface area contributed by atoms with Crippen LogP contribution in [0.4, 0.5) is 0 Å². The Morgan fingerprint density at radius 1 is 1.62 bits per heavy atom. The van der Waals surface area contributed by atoms with Crippen LogP contribution in [0.1, 0.15) is 6.42 Å². The molecule has 0 unspecified atom stereocenters. The third-order valence-electron chi connectivity index (χ3n) is 0.864. The van der Waals surface area contributed by atoms with Crippen LogP contribution in [-0.4, -0.2) is 14.9 Å². The molecule has 8 heavy (non-hydrogen) atoms. The molecule has 0 radical (unpaired) electrons. The summed E-state index contributed by atoms with van der Waals surface area (Å²) >= 11 is 1.69. The number of rotatable bonds is 0. The van der Waals surface area contributed by atoms with Gasteiger partial charge in [0.15, 0.2) is 12.8 Å². The van der Waals surface area contributed by atoms with E-state index >= 15 is 0 Å². The van der Waals surface area contributed by atoms with Gasteiger partial charge in [-0.3, -0.25) is 4.79 Å². The molecule has 4 heteroatoms. The number of carbonyl (C=O) groups is 2. The van der Waals surface area contributed by atoms with Gasteiger partial charge < -0.3 is 0 Å². The Bertz CT molecular complexity index is 129. The van der Waals surface area contributed by atoms with Crippen molar-refractivity contribution in [3.05, 3.63) is 6.42 Å². The van der Waals surface area contributed by atoms with E-state index in [-0.39, 0.29) is 18.2 Å². The smallest absolute Gasteiger partial charge is 0.268 e. The highest BCUT2D eigenvalue weighted by Gasteiger charge is 2.36. The zero-order valence-corrected chi connectivity index (χ0v) is 6.08. The Labute approximate surface area is 60.5 Å². The van der Waals surface area contributed by atoms with Crippen molar-refractivity contribution in [2.24, 2.45) is 0 Å². The van der Waals surface area contributed by atoms with Gasteiger partial charge in [-0.25, -0.2) is 4.79 Å². The molecule has 0 aromatic heterocycles. The number of amides is 2. The summed E-state index contributed by atoms with van der Waals surface area (Å²) in [6.07, 6.45) is 1.64. The van der Waals surface area contributed by atoms with E-state index in [9.17, 15) is 9.59 Å². The van der Waals surface area contributed by atoms with Gasteiger partial charge in [-0.2, -0.15) is 3.11 Å². The monoisotopic (exact) mass is 224 g/mol. The number of carbonyl (C=O) groups excluding carboxylic acids is 2. The lowest BCUT2D eigenvalue weighted by Crippen LogP contribution is -2.16. The van der Waals surface area contributed by atoms with Crippen LogP contribution in [0.2, 0.25) is 0 Å². The summed E-state index contributed by atoms with van der Waals surface area (Å²) in [6, 6.07) is 0. The molecule has 0 aliphatic carbocycles. The maximum absolute atomic E-state index is 10.5. The first-order valence-electron chi connectivity index (χ1n) is 2.07. The maximum atomic E-state index is 10.5. The number of halogens is 1. The summed E-state index contributed by atoms with van der Waals surface area (Å²) in [6.45, 7) is 0. The molecule has 0 saturated carbocycles. The second-order valence-corrected chi connectivity index (χ2v) is 2.39. The predicted octanol–water partition coefficient (Wildman–Crippen LogP) is 0.300. The topological polar surface area (TPSA) is 37.4 Å². The quantitative estimate of drug-likeness (QED) is 0.257.